The van der Waals surface area contributed by atoms with Crippen molar-refractivity contribution in [3.63, 3.8) is 0 Å². The first-order valence-corrected chi connectivity index (χ1v) is 8.96. The van der Waals surface area contributed by atoms with Crippen LogP contribution in [0.15, 0.2) is 11.6 Å². The molecule has 0 aromatic heterocycles. The lowest BCUT2D eigenvalue weighted by Gasteiger charge is -2.19. The monoisotopic (exact) mass is 224 g/mol. The maximum absolute atomic E-state index is 9.38. The van der Waals surface area contributed by atoms with Gasteiger partial charge >= 0.3 is 0 Å². The molecule has 0 heterocycles. The van der Waals surface area contributed by atoms with Crippen molar-refractivity contribution in [1.82, 2.24) is 0 Å². The van der Waals surface area contributed by atoms with E-state index >= 15 is 0 Å². The standard InChI is InChI=1S/C13H24OSi/c1-11(14)10-12(13(2,3)4)8-9-15(5,6)7/h10-11,14H,1-7H3/b12-10+. The summed E-state index contributed by atoms with van der Waals surface area (Å²) >= 11 is 0. The van der Waals surface area contributed by atoms with Crippen molar-refractivity contribution in [3.8, 4) is 11.5 Å². The summed E-state index contributed by atoms with van der Waals surface area (Å²) in [5.41, 5.74) is 4.40. The Labute approximate surface area is 95.6 Å². The number of hydrogen-bond acceptors (Lipinski definition) is 1. The molecule has 0 rings (SSSR count). The van der Waals surface area contributed by atoms with Crippen molar-refractivity contribution in [3.05, 3.63) is 11.6 Å². The molecule has 86 valence electrons. The van der Waals surface area contributed by atoms with Gasteiger partial charge in [-0.1, -0.05) is 46.3 Å². The lowest BCUT2D eigenvalue weighted by Crippen LogP contribution is -2.18. The summed E-state index contributed by atoms with van der Waals surface area (Å²) in [7, 11) is -1.33. The largest absolute Gasteiger partial charge is 0.389 e. The van der Waals surface area contributed by atoms with Crippen molar-refractivity contribution in [2.24, 2.45) is 5.41 Å². The molecule has 0 aliphatic heterocycles. The molecule has 1 N–H and O–H groups in total. The zero-order chi connectivity index (χ0) is 12.3. The molecule has 1 atom stereocenters. The van der Waals surface area contributed by atoms with E-state index in [1.165, 1.54) is 0 Å². The van der Waals surface area contributed by atoms with Crippen molar-refractivity contribution >= 4 is 8.07 Å². The minimum Gasteiger partial charge on any atom is -0.389 e. The molecule has 0 saturated heterocycles. The Morgan fingerprint density at radius 3 is 2.00 bits per heavy atom. The third-order valence-corrected chi connectivity index (χ3v) is 2.66. The predicted octanol–water partition coefficient (Wildman–Crippen LogP) is 3.22. The highest BCUT2D eigenvalue weighted by Gasteiger charge is 2.16. The van der Waals surface area contributed by atoms with E-state index in [-0.39, 0.29) is 5.41 Å². The second kappa shape index (κ2) is 5.00. The molecule has 0 aliphatic rings. The topological polar surface area (TPSA) is 20.2 Å². The van der Waals surface area contributed by atoms with E-state index in [1.54, 1.807) is 6.92 Å². The molecule has 0 saturated carbocycles. The summed E-state index contributed by atoms with van der Waals surface area (Å²) in [6.45, 7) is 14.8. The average Bonchev–Trinajstić information content (AvgIpc) is 1.93. The van der Waals surface area contributed by atoms with Crippen LogP contribution >= 0.6 is 0 Å². The molecule has 1 nitrogen and oxygen atoms in total. The number of hydrogen-bond donors (Lipinski definition) is 1. The van der Waals surface area contributed by atoms with E-state index in [0.717, 1.165) is 5.57 Å². The first kappa shape index (κ1) is 14.5. The number of aliphatic hydroxyl groups excluding tert-OH is 1. The van der Waals surface area contributed by atoms with Gasteiger partial charge in [0, 0.05) is 5.57 Å². The highest BCUT2D eigenvalue weighted by atomic mass is 28.3. The SMILES string of the molecule is CC(O)/C=C(\C#C[Si](C)(C)C)C(C)(C)C. The molecule has 0 radical (unpaired) electrons. The summed E-state index contributed by atoms with van der Waals surface area (Å²) in [5.74, 6) is 3.24. The third-order valence-electron chi connectivity index (χ3n) is 1.79. The minimum atomic E-state index is -1.33. The molecule has 0 aromatic carbocycles. The number of rotatable bonds is 1. The molecule has 0 spiro atoms. The summed E-state index contributed by atoms with van der Waals surface area (Å²) < 4.78 is 0. The average molecular weight is 224 g/mol. The van der Waals surface area contributed by atoms with Gasteiger partial charge in [-0.15, -0.1) is 5.54 Å². The van der Waals surface area contributed by atoms with E-state index in [9.17, 15) is 5.11 Å². The van der Waals surface area contributed by atoms with Crippen LogP contribution in [0, 0.1) is 16.9 Å². The van der Waals surface area contributed by atoms with Crippen molar-refractivity contribution in [2.75, 3.05) is 0 Å². The smallest absolute Gasteiger partial charge is 0.129 e. The Morgan fingerprint density at radius 1 is 1.27 bits per heavy atom. The molecule has 0 fully saturated rings. The number of aliphatic hydroxyl groups is 1. The second-order valence-corrected chi connectivity index (χ2v) is 10.8. The lowest BCUT2D eigenvalue weighted by atomic mass is 9.86. The van der Waals surface area contributed by atoms with Gasteiger partial charge < -0.3 is 5.11 Å². The summed E-state index contributed by atoms with van der Waals surface area (Å²) in [6.07, 6.45) is 1.43. The van der Waals surface area contributed by atoms with E-state index in [1.807, 2.05) is 6.08 Å². The molecule has 15 heavy (non-hydrogen) atoms. The number of allylic oxidation sites excluding steroid dienone is 1. The van der Waals surface area contributed by atoms with E-state index < -0.39 is 14.2 Å². The first-order chi connectivity index (χ1) is 6.52. The maximum atomic E-state index is 9.38. The third kappa shape index (κ3) is 7.41. The van der Waals surface area contributed by atoms with Crippen LogP contribution in [0.25, 0.3) is 0 Å². The van der Waals surface area contributed by atoms with Crippen LogP contribution in [-0.2, 0) is 0 Å². The summed E-state index contributed by atoms with van der Waals surface area (Å²) in [4.78, 5) is 0. The van der Waals surface area contributed by atoms with Gasteiger partial charge in [0.05, 0.1) is 6.10 Å². The van der Waals surface area contributed by atoms with Gasteiger partial charge in [-0.05, 0) is 18.4 Å². The van der Waals surface area contributed by atoms with E-state index in [4.69, 9.17) is 0 Å². The molecule has 0 aromatic rings. The predicted molar refractivity (Wildman–Crippen MR) is 70.3 cm³/mol. The van der Waals surface area contributed by atoms with Crippen LogP contribution in [0.1, 0.15) is 27.7 Å². The second-order valence-electron chi connectivity index (χ2n) is 6.07. The molecule has 0 bridgehead atoms. The van der Waals surface area contributed by atoms with Gasteiger partial charge in [0.2, 0.25) is 0 Å². The fourth-order valence-corrected chi connectivity index (χ4v) is 1.48. The molecule has 2 heteroatoms. The van der Waals surface area contributed by atoms with Gasteiger partial charge in [0.1, 0.15) is 8.07 Å². The van der Waals surface area contributed by atoms with Gasteiger partial charge in [0.25, 0.3) is 0 Å². The van der Waals surface area contributed by atoms with Crippen molar-refractivity contribution < 1.29 is 5.11 Å². The van der Waals surface area contributed by atoms with Crippen LogP contribution in [0.2, 0.25) is 19.6 Å². The molecular weight excluding hydrogens is 200 g/mol. The Morgan fingerprint density at radius 2 is 1.73 bits per heavy atom. The minimum absolute atomic E-state index is 0.0175. The Hall–Kier alpha value is -0.523. The van der Waals surface area contributed by atoms with Gasteiger partial charge in [-0.3, -0.25) is 0 Å². The van der Waals surface area contributed by atoms with Gasteiger partial charge in [-0.2, -0.15) is 0 Å². The zero-order valence-corrected chi connectivity index (χ0v) is 12.1. The molecule has 0 aliphatic carbocycles. The van der Waals surface area contributed by atoms with Crippen LogP contribution in [0.4, 0.5) is 0 Å². The Balaban J connectivity index is 5.07. The van der Waals surface area contributed by atoms with Crippen LogP contribution in [0.3, 0.4) is 0 Å². The van der Waals surface area contributed by atoms with Crippen molar-refractivity contribution in [2.45, 2.75) is 53.4 Å². The van der Waals surface area contributed by atoms with Crippen LogP contribution in [-0.4, -0.2) is 19.3 Å². The van der Waals surface area contributed by atoms with E-state index in [2.05, 4.69) is 51.9 Å². The lowest BCUT2D eigenvalue weighted by molar-refractivity contribution is 0.241. The summed E-state index contributed by atoms with van der Waals surface area (Å²) in [6, 6.07) is 0. The molecule has 0 amide bonds. The normalized spacial score (nSPS) is 15.6. The fraction of sp³-hybridized carbons (Fsp3) is 0.692. The first-order valence-electron chi connectivity index (χ1n) is 5.46. The zero-order valence-electron chi connectivity index (χ0n) is 11.1. The highest BCUT2D eigenvalue weighted by molar-refractivity contribution is 6.83. The maximum Gasteiger partial charge on any atom is 0.129 e. The van der Waals surface area contributed by atoms with Crippen molar-refractivity contribution in [1.29, 1.82) is 0 Å². The highest BCUT2D eigenvalue weighted by Crippen LogP contribution is 2.25. The van der Waals surface area contributed by atoms with Gasteiger partial charge in [0.15, 0.2) is 0 Å². The Kier molecular flexibility index (Phi) is 4.83. The van der Waals surface area contributed by atoms with Crippen LogP contribution < -0.4 is 0 Å². The fourth-order valence-electron chi connectivity index (χ4n) is 0.975. The van der Waals surface area contributed by atoms with Gasteiger partial charge in [-0.25, -0.2) is 0 Å². The quantitative estimate of drug-likeness (QED) is 0.535. The molecular formula is C13H24OSi. The summed E-state index contributed by atoms with van der Waals surface area (Å²) in [5, 5.41) is 9.38. The molecule has 1 unspecified atom stereocenters. The van der Waals surface area contributed by atoms with E-state index in [0.29, 0.717) is 0 Å². The van der Waals surface area contributed by atoms with Crippen LogP contribution in [0.5, 0.6) is 0 Å². The Bertz CT molecular complexity index is 289.